The van der Waals surface area contributed by atoms with Crippen LogP contribution in [0.15, 0.2) is 24.8 Å². The quantitative estimate of drug-likeness (QED) is 0.685. The highest BCUT2D eigenvalue weighted by Gasteiger charge is 2.10. The molecule has 1 aromatic carbocycles. The van der Waals surface area contributed by atoms with E-state index in [-0.39, 0.29) is 5.78 Å². The minimum atomic E-state index is -0.0334. The van der Waals surface area contributed by atoms with Gasteiger partial charge in [0.15, 0.2) is 5.78 Å². The first-order valence-corrected chi connectivity index (χ1v) is 4.41. The zero-order chi connectivity index (χ0) is 10.7. The fourth-order valence-corrected chi connectivity index (χ4v) is 1.25. The molecule has 0 unspecified atom stereocenters. The molecule has 0 amide bonds. The van der Waals surface area contributed by atoms with Crippen molar-refractivity contribution in [3.05, 3.63) is 35.9 Å². The van der Waals surface area contributed by atoms with Crippen molar-refractivity contribution in [2.24, 2.45) is 0 Å². The van der Waals surface area contributed by atoms with Gasteiger partial charge in [-0.05, 0) is 26.0 Å². The van der Waals surface area contributed by atoms with Gasteiger partial charge in [0, 0.05) is 11.1 Å². The molecule has 0 aliphatic rings. The number of rotatable bonds is 3. The molecule has 2 heteroatoms. The Morgan fingerprint density at radius 1 is 1.43 bits per heavy atom. The monoisotopic (exact) mass is 190 g/mol. The molecule has 74 valence electrons. The van der Waals surface area contributed by atoms with E-state index in [1.54, 1.807) is 7.11 Å². The third kappa shape index (κ3) is 2.02. The van der Waals surface area contributed by atoms with Gasteiger partial charge in [-0.1, -0.05) is 18.2 Å². The smallest absolute Gasteiger partial charge is 0.159 e. The standard InChI is InChI=1S/C12H14O2/c1-8-5-6-12(14-4)11(7-8)9(2)10(3)13/h5-7H,2H2,1,3-4H3. The number of hydrogen-bond acceptors (Lipinski definition) is 2. The van der Waals surface area contributed by atoms with E-state index in [0.29, 0.717) is 11.3 Å². The highest BCUT2D eigenvalue weighted by atomic mass is 16.5. The second-order valence-corrected chi connectivity index (χ2v) is 3.24. The Hall–Kier alpha value is -1.57. The Morgan fingerprint density at radius 2 is 2.07 bits per heavy atom. The van der Waals surface area contributed by atoms with Crippen LogP contribution in [0.3, 0.4) is 0 Å². The molecule has 14 heavy (non-hydrogen) atoms. The molecule has 1 aromatic rings. The zero-order valence-corrected chi connectivity index (χ0v) is 8.76. The van der Waals surface area contributed by atoms with Gasteiger partial charge in [-0.2, -0.15) is 0 Å². The molecule has 0 aliphatic carbocycles. The minimum absolute atomic E-state index is 0.0334. The summed E-state index contributed by atoms with van der Waals surface area (Å²) in [5, 5.41) is 0. The van der Waals surface area contributed by atoms with Gasteiger partial charge in [0.25, 0.3) is 0 Å². The zero-order valence-electron chi connectivity index (χ0n) is 8.76. The molecule has 1 rings (SSSR count). The van der Waals surface area contributed by atoms with Gasteiger partial charge in [-0.15, -0.1) is 0 Å². The molecule has 0 atom stereocenters. The van der Waals surface area contributed by atoms with Crippen LogP contribution in [0.5, 0.6) is 5.75 Å². The molecule has 0 saturated carbocycles. The summed E-state index contributed by atoms with van der Waals surface area (Å²) in [5.41, 5.74) is 2.36. The Balaban J connectivity index is 3.23. The van der Waals surface area contributed by atoms with Crippen LogP contribution in [-0.2, 0) is 4.79 Å². The number of ether oxygens (including phenoxy) is 1. The van der Waals surface area contributed by atoms with E-state index in [1.165, 1.54) is 6.92 Å². The van der Waals surface area contributed by atoms with Crippen LogP contribution in [0, 0.1) is 6.92 Å². The third-order valence-electron chi connectivity index (χ3n) is 2.11. The molecule has 0 saturated heterocycles. The van der Waals surface area contributed by atoms with Crippen molar-refractivity contribution in [3.8, 4) is 5.75 Å². The van der Waals surface area contributed by atoms with Crippen LogP contribution >= 0.6 is 0 Å². The lowest BCUT2D eigenvalue weighted by atomic mass is 10.0. The predicted molar refractivity (Wildman–Crippen MR) is 57.4 cm³/mol. The molecule has 0 N–H and O–H groups in total. The van der Waals surface area contributed by atoms with Gasteiger partial charge >= 0.3 is 0 Å². The van der Waals surface area contributed by atoms with E-state index in [0.717, 1.165) is 11.1 Å². The Morgan fingerprint density at radius 3 is 2.57 bits per heavy atom. The van der Waals surface area contributed by atoms with Gasteiger partial charge < -0.3 is 4.74 Å². The van der Waals surface area contributed by atoms with E-state index in [2.05, 4.69) is 6.58 Å². The van der Waals surface area contributed by atoms with Crippen molar-refractivity contribution in [3.63, 3.8) is 0 Å². The van der Waals surface area contributed by atoms with E-state index < -0.39 is 0 Å². The fraction of sp³-hybridized carbons (Fsp3) is 0.250. The van der Waals surface area contributed by atoms with E-state index in [1.807, 2.05) is 25.1 Å². The summed E-state index contributed by atoms with van der Waals surface area (Å²) in [6, 6.07) is 5.69. The van der Waals surface area contributed by atoms with E-state index >= 15 is 0 Å². The van der Waals surface area contributed by atoms with Crippen molar-refractivity contribution in [2.45, 2.75) is 13.8 Å². The van der Waals surface area contributed by atoms with Crippen molar-refractivity contribution < 1.29 is 9.53 Å². The molecule has 0 spiro atoms. The van der Waals surface area contributed by atoms with Crippen molar-refractivity contribution >= 4 is 11.4 Å². The van der Waals surface area contributed by atoms with Gasteiger partial charge in [0.2, 0.25) is 0 Å². The summed E-state index contributed by atoms with van der Waals surface area (Å²) in [6.45, 7) is 7.22. The highest BCUT2D eigenvalue weighted by molar-refractivity contribution is 6.19. The summed E-state index contributed by atoms with van der Waals surface area (Å²) < 4.78 is 5.16. The Bertz CT molecular complexity index is 378. The average molecular weight is 190 g/mol. The number of carbonyl (C=O) groups is 1. The SMILES string of the molecule is C=C(C(C)=O)c1cc(C)ccc1OC. The first kappa shape index (κ1) is 10.5. The van der Waals surface area contributed by atoms with Crippen molar-refractivity contribution in [2.75, 3.05) is 7.11 Å². The van der Waals surface area contributed by atoms with Crippen LogP contribution < -0.4 is 4.74 Å². The second-order valence-electron chi connectivity index (χ2n) is 3.24. The second kappa shape index (κ2) is 4.09. The number of aryl methyl sites for hydroxylation is 1. The summed E-state index contributed by atoms with van der Waals surface area (Å²) in [5.74, 6) is 0.657. The van der Waals surface area contributed by atoms with Crippen LogP contribution in [0.2, 0.25) is 0 Å². The molecule has 0 fully saturated rings. The lowest BCUT2D eigenvalue weighted by molar-refractivity contribution is -0.111. The van der Waals surface area contributed by atoms with Gasteiger partial charge in [0.1, 0.15) is 5.75 Å². The summed E-state index contributed by atoms with van der Waals surface area (Å²) in [4.78, 5) is 11.2. The maximum atomic E-state index is 11.2. The molecule has 0 aliphatic heterocycles. The lowest BCUT2D eigenvalue weighted by Crippen LogP contribution is -1.98. The Kier molecular flexibility index (Phi) is 3.07. The predicted octanol–water partition coefficient (Wildman–Crippen LogP) is 2.61. The van der Waals surface area contributed by atoms with Crippen molar-refractivity contribution in [1.29, 1.82) is 0 Å². The number of Topliss-reactive ketones (excluding diaryl/α,β-unsaturated/α-hetero) is 1. The maximum absolute atomic E-state index is 11.2. The lowest BCUT2D eigenvalue weighted by Gasteiger charge is -2.09. The molecule has 0 heterocycles. The molecule has 2 nitrogen and oxygen atoms in total. The largest absolute Gasteiger partial charge is 0.496 e. The van der Waals surface area contributed by atoms with Crippen LogP contribution in [0.4, 0.5) is 0 Å². The van der Waals surface area contributed by atoms with E-state index in [4.69, 9.17) is 4.74 Å². The Labute approximate surface area is 84.2 Å². The van der Waals surface area contributed by atoms with E-state index in [9.17, 15) is 4.79 Å². The summed E-state index contributed by atoms with van der Waals surface area (Å²) in [7, 11) is 1.58. The summed E-state index contributed by atoms with van der Waals surface area (Å²) >= 11 is 0. The van der Waals surface area contributed by atoms with Gasteiger partial charge in [-0.3, -0.25) is 4.79 Å². The molecular weight excluding hydrogens is 176 g/mol. The van der Waals surface area contributed by atoms with Crippen LogP contribution in [0.25, 0.3) is 5.57 Å². The number of benzene rings is 1. The molecular formula is C12H14O2. The third-order valence-corrected chi connectivity index (χ3v) is 2.11. The fourth-order valence-electron chi connectivity index (χ4n) is 1.25. The number of hydrogen-bond donors (Lipinski definition) is 0. The number of carbonyl (C=O) groups excluding carboxylic acids is 1. The summed E-state index contributed by atoms with van der Waals surface area (Å²) in [6.07, 6.45) is 0. The molecule has 0 bridgehead atoms. The number of allylic oxidation sites excluding steroid dienone is 1. The van der Waals surface area contributed by atoms with Crippen LogP contribution in [0.1, 0.15) is 18.1 Å². The average Bonchev–Trinajstić information content (AvgIpc) is 2.16. The number of ketones is 1. The topological polar surface area (TPSA) is 26.3 Å². The van der Waals surface area contributed by atoms with Crippen molar-refractivity contribution in [1.82, 2.24) is 0 Å². The van der Waals surface area contributed by atoms with Gasteiger partial charge in [-0.25, -0.2) is 0 Å². The minimum Gasteiger partial charge on any atom is -0.496 e. The highest BCUT2D eigenvalue weighted by Crippen LogP contribution is 2.26. The molecule has 0 aromatic heterocycles. The normalized spacial score (nSPS) is 9.64. The first-order valence-electron chi connectivity index (χ1n) is 4.41. The molecule has 0 radical (unpaired) electrons. The number of methoxy groups -OCH3 is 1. The van der Waals surface area contributed by atoms with Crippen LogP contribution in [-0.4, -0.2) is 12.9 Å². The van der Waals surface area contributed by atoms with Gasteiger partial charge in [0.05, 0.1) is 7.11 Å². The maximum Gasteiger partial charge on any atom is 0.159 e. The first-order chi connectivity index (χ1) is 6.56.